The summed E-state index contributed by atoms with van der Waals surface area (Å²) in [5.41, 5.74) is 2.05. The van der Waals surface area contributed by atoms with E-state index in [1.807, 2.05) is 18.2 Å². The van der Waals surface area contributed by atoms with Gasteiger partial charge in [-0.2, -0.15) is 0 Å². The summed E-state index contributed by atoms with van der Waals surface area (Å²) in [6.45, 7) is 4.72. The molecule has 0 bridgehead atoms. The van der Waals surface area contributed by atoms with E-state index in [-0.39, 0.29) is 12.5 Å². The summed E-state index contributed by atoms with van der Waals surface area (Å²) in [4.78, 5) is 13.4. The summed E-state index contributed by atoms with van der Waals surface area (Å²) in [5, 5.41) is 12.0. The molecule has 1 aromatic carbocycles. The highest BCUT2D eigenvalue weighted by Crippen LogP contribution is 2.19. The van der Waals surface area contributed by atoms with Crippen LogP contribution in [0, 0.1) is 5.92 Å². The summed E-state index contributed by atoms with van der Waals surface area (Å²) in [7, 11) is 0. The number of hydrogen-bond donors (Lipinski definition) is 2. The van der Waals surface area contributed by atoms with Gasteiger partial charge in [0.2, 0.25) is 5.91 Å². The van der Waals surface area contributed by atoms with E-state index >= 15 is 0 Å². The zero-order valence-corrected chi connectivity index (χ0v) is 11.4. The van der Waals surface area contributed by atoms with E-state index in [1.165, 1.54) is 12.5 Å². The topological polar surface area (TPSA) is 52.6 Å². The van der Waals surface area contributed by atoms with Crippen molar-refractivity contribution in [2.45, 2.75) is 26.3 Å². The van der Waals surface area contributed by atoms with Gasteiger partial charge in [-0.05, 0) is 43.0 Å². The molecular formula is C15H22N2O2. The summed E-state index contributed by atoms with van der Waals surface area (Å²) in [6.07, 6.45) is 2.27. The largest absolute Gasteiger partial charge is 0.396 e. The van der Waals surface area contributed by atoms with E-state index in [0.29, 0.717) is 5.92 Å². The molecule has 1 saturated heterocycles. The van der Waals surface area contributed by atoms with Gasteiger partial charge in [-0.25, -0.2) is 0 Å². The highest BCUT2D eigenvalue weighted by Gasteiger charge is 2.19. The van der Waals surface area contributed by atoms with Crippen molar-refractivity contribution in [2.75, 3.05) is 25.0 Å². The standard InChI is InChI=1S/C15H22N2O2/c1-12(19)16-15-6-2-4-13(8-15)9-17-7-3-5-14(10-17)11-18/h2,4,6,8,14,18H,3,5,7,9-11H2,1H3,(H,16,19)/t14-/m0/s1. The first-order valence-corrected chi connectivity index (χ1v) is 6.87. The lowest BCUT2D eigenvalue weighted by atomic mass is 9.98. The number of benzene rings is 1. The van der Waals surface area contributed by atoms with Crippen LogP contribution in [0.4, 0.5) is 5.69 Å². The number of carbonyl (C=O) groups is 1. The molecule has 4 heteroatoms. The van der Waals surface area contributed by atoms with Crippen molar-refractivity contribution in [3.63, 3.8) is 0 Å². The van der Waals surface area contributed by atoms with Gasteiger partial charge in [0, 0.05) is 32.3 Å². The van der Waals surface area contributed by atoms with Gasteiger partial charge in [0.05, 0.1) is 0 Å². The molecule has 1 aliphatic heterocycles. The molecule has 0 spiro atoms. The zero-order valence-electron chi connectivity index (χ0n) is 11.4. The Bertz CT molecular complexity index is 434. The zero-order chi connectivity index (χ0) is 13.7. The van der Waals surface area contributed by atoms with Crippen LogP contribution >= 0.6 is 0 Å². The van der Waals surface area contributed by atoms with Gasteiger partial charge in [-0.1, -0.05) is 12.1 Å². The Morgan fingerprint density at radius 1 is 1.53 bits per heavy atom. The van der Waals surface area contributed by atoms with Crippen LogP contribution in [0.5, 0.6) is 0 Å². The molecule has 0 radical (unpaired) electrons. The van der Waals surface area contributed by atoms with Crippen LogP contribution in [0.25, 0.3) is 0 Å². The number of anilines is 1. The molecule has 19 heavy (non-hydrogen) atoms. The van der Waals surface area contributed by atoms with Crippen LogP contribution < -0.4 is 5.32 Å². The summed E-state index contributed by atoms with van der Waals surface area (Å²) < 4.78 is 0. The lowest BCUT2D eigenvalue weighted by Crippen LogP contribution is -2.36. The maximum Gasteiger partial charge on any atom is 0.221 e. The molecule has 4 nitrogen and oxygen atoms in total. The van der Waals surface area contributed by atoms with E-state index < -0.39 is 0 Å². The average Bonchev–Trinajstić information content (AvgIpc) is 2.38. The molecule has 1 aliphatic rings. The smallest absolute Gasteiger partial charge is 0.221 e. The lowest BCUT2D eigenvalue weighted by Gasteiger charge is -2.31. The predicted molar refractivity (Wildman–Crippen MR) is 75.8 cm³/mol. The molecular weight excluding hydrogens is 240 g/mol. The summed E-state index contributed by atoms with van der Waals surface area (Å²) >= 11 is 0. The Labute approximate surface area is 114 Å². The normalized spacial score (nSPS) is 20.2. The molecule has 1 aromatic rings. The van der Waals surface area contributed by atoms with Crippen molar-refractivity contribution in [3.8, 4) is 0 Å². The number of hydrogen-bond acceptors (Lipinski definition) is 3. The fourth-order valence-corrected chi connectivity index (χ4v) is 2.65. The molecule has 2 rings (SSSR count). The fourth-order valence-electron chi connectivity index (χ4n) is 2.65. The SMILES string of the molecule is CC(=O)Nc1cccc(CN2CCC[C@H](CO)C2)c1. The van der Waals surface area contributed by atoms with E-state index in [1.54, 1.807) is 0 Å². The number of aliphatic hydroxyl groups excluding tert-OH is 1. The van der Waals surface area contributed by atoms with Crippen molar-refractivity contribution in [1.82, 2.24) is 4.90 Å². The first kappa shape index (κ1) is 14.0. The van der Waals surface area contributed by atoms with Gasteiger partial charge in [0.1, 0.15) is 0 Å². The fraction of sp³-hybridized carbons (Fsp3) is 0.533. The van der Waals surface area contributed by atoms with E-state index in [2.05, 4.69) is 16.3 Å². The molecule has 2 N–H and O–H groups in total. The predicted octanol–water partition coefficient (Wildman–Crippen LogP) is 1.85. The maximum atomic E-state index is 11.0. The Hall–Kier alpha value is -1.39. The van der Waals surface area contributed by atoms with Gasteiger partial charge in [0.15, 0.2) is 0 Å². The number of nitrogens with zero attached hydrogens (tertiary/aromatic N) is 1. The van der Waals surface area contributed by atoms with Crippen molar-refractivity contribution >= 4 is 11.6 Å². The minimum absolute atomic E-state index is 0.0459. The third-order valence-corrected chi connectivity index (χ3v) is 3.51. The number of likely N-dealkylation sites (tertiary alicyclic amines) is 1. The monoisotopic (exact) mass is 262 g/mol. The number of aliphatic hydroxyl groups is 1. The van der Waals surface area contributed by atoms with E-state index in [0.717, 1.165) is 38.2 Å². The molecule has 1 heterocycles. The van der Waals surface area contributed by atoms with Gasteiger partial charge in [-0.15, -0.1) is 0 Å². The molecule has 0 saturated carbocycles. The Kier molecular flexibility index (Phi) is 4.93. The number of amides is 1. The Morgan fingerprint density at radius 3 is 3.11 bits per heavy atom. The minimum atomic E-state index is -0.0459. The highest BCUT2D eigenvalue weighted by molar-refractivity contribution is 5.88. The Morgan fingerprint density at radius 2 is 2.37 bits per heavy atom. The summed E-state index contributed by atoms with van der Waals surface area (Å²) in [6, 6.07) is 7.96. The van der Waals surface area contributed by atoms with Gasteiger partial charge < -0.3 is 10.4 Å². The summed E-state index contributed by atoms with van der Waals surface area (Å²) in [5.74, 6) is 0.364. The number of piperidine rings is 1. The second-order valence-electron chi connectivity index (χ2n) is 5.31. The molecule has 0 aromatic heterocycles. The van der Waals surface area contributed by atoms with E-state index in [4.69, 9.17) is 0 Å². The number of rotatable bonds is 4. The maximum absolute atomic E-state index is 11.0. The number of nitrogens with one attached hydrogen (secondary N) is 1. The second kappa shape index (κ2) is 6.68. The third kappa shape index (κ3) is 4.33. The Balaban J connectivity index is 1.96. The highest BCUT2D eigenvalue weighted by atomic mass is 16.3. The van der Waals surface area contributed by atoms with Crippen LogP contribution in [0.1, 0.15) is 25.3 Å². The first-order valence-electron chi connectivity index (χ1n) is 6.87. The van der Waals surface area contributed by atoms with Crippen molar-refractivity contribution in [3.05, 3.63) is 29.8 Å². The molecule has 0 unspecified atom stereocenters. The third-order valence-electron chi connectivity index (χ3n) is 3.51. The average molecular weight is 262 g/mol. The first-order chi connectivity index (χ1) is 9.17. The van der Waals surface area contributed by atoms with Crippen LogP contribution in [-0.2, 0) is 11.3 Å². The van der Waals surface area contributed by atoms with Crippen LogP contribution in [0.15, 0.2) is 24.3 Å². The molecule has 1 amide bonds. The molecule has 0 aliphatic carbocycles. The minimum Gasteiger partial charge on any atom is -0.396 e. The van der Waals surface area contributed by atoms with E-state index in [9.17, 15) is 9.90 Å². The van der Waals surface area contributed by atoms with Gasteiger partial charge in [0.25, 0.3) is 0 Å². The lowest BCUT2D eigenvalue weighted by molar-refractivity contribution is -0.114. The van der Waals surface area contributed by atoms with Crippen LogP contribution in [0.2, 0.25) is 0 Å². The second-order valence-corrected chi connectivity index (χ2v) is 5.31. The van der Waals surface area contributed by atoms with Crippen LogP contribution in [-0.4, -0.2) is 35.6 Å². The van der Waals surface area contributed by atoms with Crippen molar-refractivity contribution in [1.29, 1.82) is 0 Å². The quantitative estimate of drug-likeness (QED) is 0.870. The van der Waals surface area contributed by atoms with Crippen LogP contribution in [0.3, 0.4) is 0 Å². The molecule has 1 fully saturated rings. The van der Waals surface area contributed by atoms with Gasteiger partial charge in [-0.3, -0.25) is 9.69 Å². The molecule has 1 atom stereocenters. The van der Waals surface area contributed by atoms with Gasteiger partial charge >= 0.3 is 0 Å². The van der Waals surface area contributed by atoms with Crippen molar-refractivity contribution < 1.29 is 9.90 Å². The number of carbonyl (C=O) groups excluding carboxylic acids is 1. The molecule has 104 valence electrons. The van der Waals surface area contributed by atoms with Crippen molar-refractivity contribution in [2.24, 2.45) is 5.92 Å².